The topological polar surface area (TPSA) is 58.6 Å². The Kier molecular flexibility index (Phi) is 5.28. The molecule has 25 heavy (non-hydrogen) atoms. The largest absolute Gasteiger partial charge is 0.497 e. The van der Waals surface area contributed by atoms with Gasteiger partial charge in [0.1, 0.15) is 17.9 Å². The molecular formula is C19H22N4O2. The minimum absolute atomic E-state index is 0.0729. The molecule has 6 nitrogen and oxygen atoms in total. The summed E-state index contributed by atoms with van der Waals surface area (Å²) in [5.74, 6) is 1.78. The SMILES string of the molecule is C/C=C\C(=O)N1CCN(c2cc(-c3ccc(OC)cc3)ncn2)CC1. The van der Waals surface area contributed by atoms with Crippen LogP contribution in [0.2, 0.25) is 0 Å². The number of hydrogen-bond donors (Lipinski definition) is 0. The van der Waals surface area contributed by atoms with Gasteiger partial charge in [-0.1, -0.05) is 6.08 Å². The Morgan fingerprint density at radius 1 is 1.12 bits per heavy atom. The molecule has 0 saturated carbocycles. The third-order valence-corrected chi connectivity index (χ3v) is 4.26. The van der Waals surface area contributed by atoms with E-state index in [9.17, 15) is 4.79 Å². The molecule has 3 rings (SSSR count). The summed E-state index contributed by atoms with van der Waals surface area (Å²) in [6.45, 7) is 4.79. The van der Waals surface area contributed by atoms with Crippen LogP contribution in [0, 0.1) is 0 Å². The lowest BCUT2D eigenvalue weighted by Crippen LogP contribution is -2.48. The normalized spacial score (nSPS) is 14.8. The number of piperazine rings is 1. The van der Waals surface area contributed by atoms with Crippen molar-refractivity contribution in [3.63, 3.8) is 0 Å². The molecule has 130 valence electrons. The van der Waals surface area contributed by atoms with Gasteiger partial charge in [-0.15, -0.1) is 0 Å². The molecule has 0 spiro atoms. The van der Waals surface area contributed by atoms with Crippen molar-refractivity contribution in [3.8, 4) is 17.0 Å². The zero-order valence-electron chi connectivity index (χ0n) is 14.6. The van der Waals surface area contributed by atoms with Crippen molar-refractivity contribution in [3.05, 3.63) is 48.8 Å². The number of carbonyl (C=O) groups is 1. The van der Waals surface area contributed by atoms with Crippen LogP contribution in [0.4, 0.5) is 5.82 Å². The molecular weight excluding hydrogens is 316 g/mol. The average Bonchev–Trinajstić information content (AvgIpc) is 2.68. The number of benzene rings is 1. The maximum Gasteiger partial charge on any atom is 0.246 e. The molecule has 0 aliphatic carbocycles. The molecule has 1 saturated heterocycles. The fraction of sp³-hybridized carbons (Fsp3) is 0.316. The lowest BCUT2D eigenvalue weighted by atomic mass is 10.1. The summed E-state index contributed by atoms with van der Waals surface area (Å²) in [4.78, 5) is 24.7. The van der Waals surface area contributed by atoms with E-state index in [1.807, 2.05) is 42.2 Å². The fourth-order valence-electron chi connectivity index (χ4n) is 2.84. The average molecular weight is 338 g/mol. The number of methoxy groups -OCH3 is 1. The number of ether oxygens (including phenoxy) is 1. The number of amides is 1. The first kappa shape index (κ1) is 17.0. The van der Waals surface area contributed by atoms with Crippen LogP contribution >= 0.6 is 0 Å². The number of nitrogens with zero attached hydrogens (tertiary/aromatic N) is 4. The standard InChI is InChI=1S/C19H22N4O2/c1-3-4-19(24)23-11-9-22(10-12-23)18-13-17(20-14-21-18)15-5-7-16(25-2)8-6-15/h3-8,13-14H,9-12H2,1-2H3/b4-3-. The number of aromatic nitrogens is 2. The van der Waals surface area contributed by atoms with Crippen molar-refractivity contribution in [2.45, 2.75) is 6.92 Å². The van der Waals surface area contributed by atoms with Crippen LogP contribution in [0.5, 0.6) is 5.75 Å². The Bertz CT molecular complexity index is 750. The summed E-state index contributed by atoms with van der Waals surface area (Å²) in [5.41, 5.74) is 1.89. The molecule has 1 aliphatic rings. The molecule has 0 radical (unpaired) electrons. The van der Waals surface area contributed by atoms with Gasteiger partial charge in [0, 0.05) is 37.8 Å². The van der Waals surface area contributed by atoms with Crippen molar-refractivity contribution >= 4 is 11.7 Å². The zero-order valence-corrected chi connectivity index (χ0v) is 14.6. The van der Waals surface area contributed by atoms with E-state index in [1.165, 1.54) is 0 Å². The quantitative estimate of drug-likeness (QED) is 0.801. The Labute approximate surface area is 147 Å². The van der Waals surface area contributed by atoms with Gasteiger partial charge in [-0.3, -0.25) is 4.79 Å². The Morgan fingerprint density at radius 3 is 2.48 bits per heavy atom. The zero-order chi connectivity index (χ0) is 17.6. The first-order chi connectivity index (χ1) is 12.2. The van der Waals surface area contributed by atoms with Crippen LogP contribution in [-0.4, -0.2) is 54.1 Å². The highest BCUT2D eigenvalue weighted by Crippen LogP contribution is 2.23. The maximum atomic E-state index is 11.9. The highest BCUT2D eigenvalue weighted by atomic mass is 16.5. The summed E-state index contributed by atoms with van der Waals surface area (Å²) < 4.78 is 5.19. The highest BCUT2D eigenvalue weighted by molar-refractivity contribution is 5.87. The summed E-state index contributed by atoms with van der Waals surface area (Å²) >= 11 is 0. The number of allylic oxidation sites excluding steroid dienone is 1. The lowest BCUT2D eigenvalue weighted by molar-refractivity contribution is -0.126. The first-order valence-electron chi connectivity index (χ1n) is 8.34. The van der Waals surface area contributed by atoms with Crippen LogP contribution in [0.1, 0.15) is 6.92 Å². The second-order valence-electron chi connectivity index (χ2n) is 5.80. The minimum Gasteiger partial charge on any atom is -0.497 e. The van der Waals surface area contributed by atoms with Crippen molar-refractivity contribution in [2.24, 2.45) is 0 Å². The Balaban J connectivity index is 1.71. The van der Waals surface area contributed by atoms with Crippen molar-refractivity contribution in [1.82, 2.24) is 14.9 Å². The predicted molar refractivity (Wildman–Crippen MR) is 97.6 cm³/mol. The monoisotopic (exact) mass is 338 g/mol. The van der Waals surface area contributed by atoms with E-state index < -0.39 is 0 Å². The van der Waals surface area contributed by atoms with E-state index in [4.69, 9.17) is 4.74 Å². The number of carbonyl (C=O) groups excluding carboxylic acids is 1. The van der Waals surface area contributed by atoms with Crippen molar-refractivity contribution in [1.29, 1.82) is 0 Å². The fourth-order valence-corrected chi connectivity index (χ4v) is 2.84. The molecule has 2 heterocycles. The van der Waals surface area contributed by atoms with Gasteiger partial charge in [0.15, 0.2) is 0 Å². The summed E-state index contributed by atoms with van der Waals surface area (Å²) in [7, 11) is 1.65. The number of hydrogen-bond acceptors (Lipinski definition) is 5. The van der Waals surface area contributed by atoms with Gasteiger partial charge in [-0.2, -0.15) is 0 Å². The van der Waals surface area contributed by atoms with Crippen LogP contribution in [0.3, 0.4) is 0 Å². The smallest absolute Gasteiger partial charge is 0.246 e. The van der Waals surface area contributed by atoms with Crippen molar-refractivity contribution in [2.75, 3.05) is 38.2 Å². The molecule has 0 atom stereocenters. The lowest BCUT2D eigenvalue weighted by Gasteiger charge is -2.35. The third-order valence-electron chi connectivity index (χ3n) is 4.26. The van der Waals surface area contributed by atoms with Gasteiger partial charge in [0.05, 0.1) is 12.8 Å². The van der Waals surface area contributed by atoms with Crippen molar-refractivity contribution < 1.29 is 9.53 Å². The molecule has 0 unspecified atom stereocenters. The molecule has 1 aromatic heterocycles. The number of anilines is 1. The van der Waals surface area contributed by atoms with Crippen LogP contribution < -0.4 is 9.64 Å². The van der Waals surface area contributed by atoms with E-state index in [2.05, 4.69) is 14.9 Å². The molecule has 2 aromatic rings. The summed E-state index contributed by atoms with van der Waals surface area (Å²) in [5, 5.41) is 0. The van der Waals surface area contributed by atoms with Gasteiger partial charge < -0.3 is 14.5 Å². The van der Waals surface area contributed by atoms with Crippen LogP contribution in [0.15, 0.2) is 48.8 Å². The second kappa shape index (κ2) is 7.79. The highest BCUT2D eigenvalue weighted by Gasteiger charge is 2.20. The molecule has 6 heteroatoms. The molecule has 0 bridgehead atoms. The summed E-state index contributed by atoms with van der Waals surface area (Å²) in [6, 6.07) is 9.80. The van der Waals surface area contributed by atoms with E-state index in [-0.39, 0.29) is 5.91 Å². The third kappa shape index (κ3) is 3.96. The molecule has 1 amide bonds. The van der Waals surface area contributed by atoms with Crippen LogP contribution in [0.25, 0.3) is 11.3 Å². The van der Waals surface area contributed by atoms with E-state index in [0.717, 1.165) is 35.9 Å². The van der Waals surface area contributed by atoms with E-state index >= 15 is 0 Å². The molecule has 0 N–H and O–H groups in total. The van der Waals surface area contributed by atoms with E-state index in [0.29, 0.717) is 13.1 Å². The number of rotatable bonds is 4. The van der Waals surface area contributed by atoms with Gasteiger partial charge in [0.25, 0.3) is 0 Å². The molecule has 1 aliphatic heterocycles. The van der Waals surface area contributed by atoms with Gasteiger partial charge in [-0.05, 0) is 37.3 Å². The summed E-state index contributed by atoms with van der Waals surface area (Å²) in [6.07, 6.45) is 4.98. The van der Waals surface area contributed by atoms with Gasteiger partial charge in [0.2, 0.25) is 5.91 Å². The van der Waals surface area contributed by atoms with E-state index in [1.54, 1.807) is 25.6 Å². The molecule has 1 aromatic carbocycles. The van der Waals surface area contributed by atoms with Crippen LogP contribution in [-0.2, 0) is 4.79 Å². The minimum atomic E-state index is 0.0729. The second-order valence-corrected chi connectivity index (χ2v) is 5.80. The van der Waals surface area contributed by atoms with Gasteiger partial charge >= 0.3 is 0 Å². The van der Waals surface area contributed by atoms with Gasteiger partial charge in [-0.25, -0.2) is 9.97 Å². The predicted octanol–water partition coefficient (Wildman–Crippen LogP) is 2.38. The first-order valence-corrected chi connectivity index (χ1v) is 8.34. The Hall–Kier alpha value is -2.89. The molecule has 1 fully saturated rings. The maximum absolute atomic E-state index is 11.9. The Morgan fingerprint density at radius 2 is 1.84 bits per heavy atom.